The van der Waals surface area contributed by atoms with Gasteiger partial charge in [0.1, 0.15) is 4.21 Å². The molecule has 0 radical (unpaired) electrons. The van der Waals surface area contributed by atoms with E-state index in [1.54, 1.807) is 18.4 Å². The Morgan fingerprint density at radius 1 is 1.67 bits per heavy atom. The second-order valence-corrected chi connectivity index (χ2v) is 6.71. The molecule has 0 aromatic carbocycles. The molecule has 1 aromatic heterocycles. The van der Waals surface area contributed by atoms with Gasteiger partial charge in [0.25, 0.3) is 10.0 Å². The number of hydrogen-bond acceptors (Lipinski definition) is 4. The molecule has 0 spiro atoms. The molecule has 0 bridgehead atoms. The molecule has 1 atom stereocenters. The highest BCUT2D eigenvalue weighted by molar-refractivity contribution is 9.10. The predicted molar refractivity (Wildman–Crippen MR) is 63.7 cm³/mol. The Labute approximate surface area is 102 Å². The average molecular weight is 314 g/mol. The van der Waals surface area contributed by atoms with Crippen molar-refractivity contribution in [3.8, 4) is 0 Å². The summed E-state index contributed by atoms with van der Waals surface area (Å²) in [6, 6.07) is 1.47. The minimum atomic E-state index is -3.43. The first-order valence-corrected chi connectivity index (χ1v) is 7.37. The number of ether oxygens (including phenoxy) is 1. The molecule has 86 valence electrons. The molecule has 0 fully saturated rings. The van der Waals surface area contributed by atoms with Crippen LogP contribution in [0.3, 0.4) is 0 Å². The van der Waals surface area contributed by atoms with Crippen molar-refractivity contribution in [2.24, 2.45) is 0 Å². The van der Waals surface area contributed by atoms with E-state index in [0.29, 0.717) is 15.3 Å². The maximum absolute atomic E-state index is 11.8. The summed E-state index contributed by atoms with van der Waals surface area (Å²) in [6.07, 6.45) is 0. The van der Waals surface area contributed by atoms with Gasteiger partial charge in [-0.25, -0.2) is 13.1 Å². The van der Waals surface area contributed by atoms with Crippen molar-refractivity contribution < 1.29 is 13.2 Å². The Morgan fingerprint density at radius 2 is 2.33 bits per heavy atom. The molecule has 1 unspecified atom stereocenters. The fourth-order valence-electron chi connectivity index (χ4n) is 1.07. The lowest BCUT2D eigenvalue weighted by molar-refractivity contribution is 0.180. The minimum Gasteiger partial charge on any atom is -0.383 e. The maximum atomic E-state index is 11.8. The van der Waals surface area contributed by atoms with Crippen LogP contribution in [0, 0.1) is 0 Å². The molecule has 1 rings (SSSR count). The van der Waals surface area contributed by atoms with Gasteiger partial charge in [0, 0.05) is 17.6 Å². The Morgan fingerprint density at radius 3 is 2.80 bits per heavy atom. The lowest BCUT2D eigenvalue weighted by Crippen LogP contribution is -2.35. The number of rotatable bonds is 5. The van der Waals surface area contributed by atoms with Gasteiger partial charge in [0.05, 0.1) is 6.61 Å². The molecule has 0 aliphatic heterocycles. The molecule has 1 aromatic rings. The summed E-state index contributed by atoms with van der Waals surface area (Å²) in [4.78, 5) is 0. The maximum Gasteiger partial charge on any atom is 0.251 e. The summed E-state index contributed by atoms with van der Waals surface area (Å²) in [5, 5.41) is 1.72. The SMILES string of the molecule is COCC(C)NS(=O)(=O)c1sccc1Br. The first-order valence-electron chi connectivity index (χ1n) is 4.21. The first kappa shape index (κ1) is 13.1. The number of methoxy groups -OCH3 is 1. The number of thiophene rings is 1. The predicted octanol–water partition coefficient (Wildman–Crippen LogP) is 1.82. The van der Waals surface area contributed by atoms with E-state index in [1.165, 1.54) is 18.4 Å². The zero-order valence-electron chi connectivity index (χ0n) is 8.36. The summed E-state index contributed by atoms with van der Waals surface area (Å²) in [7, 11) is -1.89. The largest absolute Gasteiger partial charge is 0.383 e. The van der Waals surface area contributed by atoms with Crippen LogP contribution >= 0.6 is 27.3 Å². The molecule has 1 heterocycles. The second kappa shape index (κ2) is 5.40. The van der Waals surface area contributed by atoms with Crippen LogP contribution in [0.4, 0.5) is 0 Å². The number of halogens is 1. The van der Waals surface area contributed by atoms with Gasteiger partial charge in [-0.1, -0.05) is 0 Å². The van der Waals surface area contributed by atoms with Crippen LogP contribution in [0.25, 0.3) is 0 Å². The van der Waals surface area contributed by atoms with E-state index in [2.05, 4.69) is 20.7 Å². The molecule has 1 N–H and O–H groups in total. The third-order valence-corrected chi connectivity index (χ3v) is 5.86. The van der Waals surface area contributed by atoms with E-state index < -0.39 is 10.0 Å². The number of sulfonamides is 1. The van der Waals surface area contributed by atoms with Gasteiger partial charge in [0.2, 0.25) is 0 Å². The van der Waals surface area contributed by atoms with Gasteiger partial charge in [-0.3, -0.25) is 0 Å². The van der Waals surface area contributed by atoms with Crippen LogP contribution in [0.5, 0.6) is 0 Å². The van der Waals surface area contributed by atoms with E-state index >= 15 is 0 Å². The van der Waals surface area contributed by atoms with Gasteiger partial charge in [-0.2, -0.15) is 0 Å². The van der Waals surface area contributed by atoms with Gasteiger partial charge in [-0.15, -0.1) is 11.3 Å². The summed E-state index contributed by atoms with van der Waals surface area (Å²) >= 11 is 4.37. The van der Waals surface area contributed by atoms with Crippen LogP contribution in [0.2, 0.25) is 0 Å². The molecule has 0 aliphatic carbocycles. The highest BCUT2D eigenvalue weighted by Gasteiger charge is 2.21. The molecular weight excluding hydrogens is 302 g/mol. The van der Waals surface area contributed by atoms with Crippen LogP contribution < -0.4 is 4.72 Å². The third kappa shape index (κ3) is 3.53. The average Bonchev–Trinajstić information content (AvgIpc) is 2.51. The Bertz CT molecular complexity index is 415. The van der Waals surface area contributed by atoms with Gasteiger partial charge in [0.15, 0.2) is 0 Å². The molecule has 4 nitrogen and oxygen atoms in total. The Balaban J connectivity index is 2.81. The van der Waals surface area contributed by atoms with Crippen LogP contribution in [0.1, 0.15) is 6.92 Å². The standard InChI is InChI=1S/C8H12BrNO3S2/c1-6(5-13-2)10-15(11,12)8-7(9)3-4-14-8/h3-4,6,10H,5H2,1-2H3. The summed E-state index contributed by atoms with van der Waals surface area (Å²) in [6.45, 7) is 2.10. The van der Waals surface area contributed by atoms with Crippen molar-refractivity contribution in [1.82, 2.24) is 4.72 Å². The summed E-state index contributed by atoms with van der Waals surface area (Å²) in [5.41, 5.74) is 0. The Hall–Kier alpha value is 0.0500. The zero-order valence-corrected chi connectivity index (χ0v) is 11.6. The van der Waals surface area contributed by atoms with E-state index in [-0.39, 0.29) is 6.04 Å². The van der Waals surface area contributed by atoms with E-state index in [4.69, 9.17) is 4.74 Å². The minimum absolute atomic E-state index is 0.242. The third-order valence-electron chi connectivity index (χ3n) is 1.60. The zero-order chi connectivity index (χ0) is 11.5. The van der Waals surface area contributed by atoms with Crippen molar-refractivity contribution in [1.29, 1.82) is 0 Å². The summed E-state index contributed by atoms with van der Waals surface area (Å²) in [5.74, 6) is 0. The van der Waals surface area contributed by atoms with Crippen molar-refractivity contribution in [2.75, 3.05) is 13.7 Å². The lowest BCUT2D eigenvalue weighted by atomic mass is 10.4. The highest BCUT2D eigenvalue weighted by atomic mass is 79.9. The van der Waals surface area contributed by atoms with Crippen molar-refractivity contribution >= 4 is 37.3 Å². The summed E-state index contributed by atoms with van der Waals surface area (Å²) < 4.78 is 31.9. The number of nitrogens with one attached hydrogen (secondary N) is 1. The molecule has 0 amide bonds. The van der Waals surface area contributed by atoms with Gasteiger partial charge >= 0.3 is 0 Å². The quantitative estimate of drug-likeness (QED) is 0.902. The van der Waals surface area contributed by atoms with Crippen LogP contribution in [-0.4, -0.2) is 28.2 Å². The normalized spacial score (nSPS) is 14.1. The van der Waals surface area contributed by atoms with Crippen molar-refractivity contribution in [3.63, 3.8) is 0 Å². The molecule has 0 aliphatic rings. The van der Waals surface area contributed by atoms with Crippen molar-refractivity contribution in [3.05, 3.63) is 15.9 Å². The fourth-order valence-corrected chi connectivity index (χ4v) is 4.66. The fraction of sp³-hybridized carbons (Fsp3) is 0.500. The van der Waals surface area contributed by atoms with E-state index in [0.717, 1.165) is 0 Å². The number of hydrogen-bond donors (Lipinski definition) is 1. The Kier molecular flexibility index (Phi) is 4.72. The van der Waals surface area contributed by atoms with Crippen LogP contribution in [-0.2, 0) is 14.8 Å². The molecule has 15 heavy (non-hydrogen) atoms. The first-order chi connectivity index (χ1) is 6.97. The second-order valence-electron chi connectivity index (χ2n) is 3.03. The monoisotopic (exact) mass is 313 g/mol. The molecule has 0 saturated heterocycles. The van der Waals surface area contributed by atoms with Crippen molar-refractivity contribution in [2.45, 2.75) is 17.2 Å². The van der Waals surface area contributed by atoms with E-state index in [1.807, 2.05) is 0 Å². The molecule has 7 heteroatoms. The lowest BCUT2D eigenvalue weighted by Gasteiger charge is -2.12. The topological polar surface area (TPSA) is 55.4 Å². The van der Waals surface area contributed by atoms with Crippen LogP contribution in [0.15, 0.2) is 20.1 Å². The molecule has 0 saturated carbocycles. The van der Waals surface area contributed by atoms with E-state index in [9.17, 15) is 8.42 Å². The molecular formula is C8H12BrNO3S2. The van der Waals surface area contributed by atoms with Gasteiger partial charge in [-0.05, 0) is 34.3 Å². The van der Waals surface area contributed by atoms with Gasteiger partial charge < -0.3 is 4.74 Å². The highest BCUT2D eigenvalue weighted by Crippen LogP contribution is 2.27. The smallest absolute Gasteiger partial charge is 0.251 e.